The molecule has 5 heteroatoms. The van der Waals surface area contributed by atoms with Gasteiger partial charge in [-0.05, 0) is 25.3 Å². The van der Waals surface area contributed by atoms with Crippen molar-refractivity contribution < 1.29 is 13.6 Å². The summed E-state index contributed by atoms with van der Waals surface area (Å²) in [7, 11) is 0. The Morgan fingerprint density at radius 1 is 1.59 bits per heavy atom. The van der Waals surface area contributed by atoms with Crippen molar-refractivity contribution in [1.82, 2.24) is 10.3 Å². The lowest BCUT2D eigenvalue weighted by Crippen LogP contribution is -2.33. The lowest BCUT2D eigenvalue weighted by molar-refractivity contribution is 0.0932. The van der Waals surface area contributed by atoms with E-state index in [1.165, 1.54) is 18.9 Å². The van der Waals surface area contributed by atoms with Crippen LogP contribution < -0.4 is 5.32 Å². The second kappa shape index (κ2) is 4.77. The van der Waals surface area contributed by atoms with Gasteiger partial charge in [0.15, 0.2) is 5.82 Å². The molecule has 0 radical (unpaired) electrons. The first-order valence-electron chi connectivity index (χ1n) is 5.68. The number of nitrogens with zero attached hydrogens (tertiary/aromatic N) is 1. The van der Waals surface area contributed by atoms with Crippen LogP contribution in [0.1, 0.15) is 36.5 Å². The number of nitrogens with one attached hydrogen (secondary N) is 1. The number of amides is 1. The fourth-order valence-electron chi connectivity index (χ4n) is 1.81. The van der Waals surface area contributed by atoms with Crippen LogP contribution in [-0.4, -0.2) is 16.9 Å². The summed E-state index contributed by atoms with van der Waals surface area (Å²) in [5, 5.41) is 2.66. The zero-order chi connectivity index (χ0) is 12.4. The summed E-state index contributed by atoms with van der Waals surface area (Å²) in [5.41, 5.74) is -0.292. The van der Waals surface area contributed by atoms with E-state index >= 15 is 0 Å². The molecule has 1 aliphatic rings. The van der Waals surface area contributed by atoms with E-state index in [9.17, 15) is 13.6 Å². The van der Waals surface area contributed by atoms with Gasteiger partial charge < -0.3 is 5.32 Å². The third-order valence-electron chi connectivity index (χ3n) is 2.85. The fraction of sp³-hybridized carbons (Fsp3) is 0.500. The van der Waals surface area contributed by atoms with E-state index in [1.807, 2.05) is 6.92 Å². The molecule has 1 aliphatic carbocycles. The molecule has 2 rings (SSSR count). The SMILES string of the molecule is CC(CC1CC1)NC(=O)c1ccnc(F)c1F. The summed E-state index contributed by atoms with van der Waals surface area (Å²) in [6.45, 7) is 1.87. The summed E-state index contributed by atoms with van der Waals surface area (Å²) < 4.78 is 26.1. The van der Waals surface area contributed by atoms with Gasteiger partial charge in [-0.15, -0.1) is 0 Å². The first kappa shape index (κ1) is 12.0. The summed E-state index contributed by atoms with van der Waals surface area (Å²) >= 11 is 0. The molecule has 1 N–H and O–H groups in total. The van der Waals surface area contributed by atoms with Gasteiger partial charge in [0, 0.05) is 12.2 Å². The van der Waals surface area contributed by atoms with E-state index in [0.717, 1.165) is 12.6 Å². The van der Waals surface area contributed by atoms with Crippen molar-refractivity contribution in [3.8, 4) is 0 Å². The normalized spacial score (nSPS) is 16.6. The van der Waals surface area contributed by atoms with Crippen molar-refractivity contribution >= 4 is 5.91 Å². The number of rotatable bonds is 4. The predicted octanol–water partition coefficient (Wildman–Crippen LogP) is 2.28. The summed E-state index contributed by atoms with van der Waals surface area (Å²) in [6.07, 6.45) is 4.36. The second-order valence-corrected chi connectivity index (χ2v) is 4.52. The van der Waals surface area contributed by atoms with Gasteiger partial charge in [0.25, 0.3) is 5.91 Å². The standard InChI is InChI=1S/C12H14F2N2O/c1-7(6-8-2-3-8)16-12(17)9-4-5-15-11(14)10(9)13/h4-5,7-8H,2-3,6H2,1H3,(H,16,17). The van der Waals surface area contributed by atoms with Crippen LogP contribution in [0.4, 0.5) is 8.78 Å². The molecule has 0 saturated heterocycles. The maximum atomic E-state index is 13.3. The van der Waals surface area contributed by atoms with E-state index in [4.69, 9.17) is 0 Å². The van der Waals surface area contributed by atoms with Crippen molar-refractivity contribution in [1.29, 1.82) is 0 Å². The van der Waals surface area contributed by atoms with Gasteiger partial charge in [-0.2, -0.15) is 4.39 Å². The monoisotopic (exact) mass is 240 g/mol. The highest BCUT2D eigenvalue weighted by molar-refractivity contribution is 5.94. The molecular formula is C12H14F2N2O. The number of pyridine rings is 1. The molecule has 0 aliphatic heterocycles. The van der Waals surface area contributed by atoms with Crippen LogP contribution in [0, 0.1) is 17.7 Å². The molecule has 1 aromatic rings. The van der Waals surface area contributed by atoms with Crippen LogP contribution in [0.2, 0.25) is 0 Å². The Morgan fingerprint density at radius 3 is 2.94 bits per heavy atom. The summed E-state index contributed by atoms with van der Waals surface area (Å²) in [4.78, 5) is 14.8. The number of hydrogen-bond acceptors (Lipinski definition) is 2. The largest absolute Gasteiger partial charge is 0.349 e. The Balaban J connectivity index is 2.00. The van der Waals surface area contributed by atoms with Crippen LogP contribution in [0.3, 0.4) is 0 Å². The van der Waals surface area contributed by atoms with Gasteiger partial charge in [-0.1, -0.05) is 12.8 Å². The number of hydrogen-bond donors (Lipinski definition) is 1. The molecule has 0 bridgehead atoms. The van der Waals surface area contributed by atoms with Crippen molar-refractivity contribution in [2.24, 2.45) is 5.92 Å². The molecule has 1 aromatic heterocycles. The second-order valence-electron chi connectivity index (χ2n) is 4.52. The zero-order valence-corrected chi connectivity index (χ0v) is 9.54. The minimum absolute atomic E-state index is 0.0226. The highest BCUT2D eigenvalue weighted by atomic mass is 19.2. The van der Waals surface area contributed by atoms with Crippen molar-refractivity contribution in [3.05, 3.63) is 29.6 Å². The Hall–Kier alpha value is -1.52. The van der Waals surface area contributed by atoms with Crippen LogP contribution >= 0.6 is 0 Å². The van der Waals surface area contributed by atoms with Crippen molar-refractivity contribution in [3.63, 3.8) is 0 Å². The quantitative estimate of drug-likeness (QED) is 0.820. The lowest BCUT2D eigenvalue weighted by atomic mass is 10.1. The van der Waals surface area contributed by atoms with Gasteiger partial charge in [0.2, 0.25) is 5.95 Å². The molecule has 92 valence electrons. The number of carbonyl (C=O) groups excluding carboxylic acids is 1. The molecule has 3 nitrogen and oxygen atoms in total. The maximum Gasteiger partial charge on any atom is 0.254 e. The number of halogens is 2. The Bertz CT molecular complexity index is 433. The molecule has 1 saturated carbocycles. The van der Waals surface area contributed by atoms with Gasteiger partial charge >= 0.3 is 0 Å². The molecular weight excluding hydrogens is 226 g/mol. The first-order chi connectivity index (χ1) is 8.08. The Morgan fingerprint density at radius 2 is 2.29 bits per heavy atom. The highest BCUT2D eigenvalue weighted by Crippen LogP contribution is 2.33. The fourth-order valence-corrected chi connectivity index (χ4v) is 1.81. The van der Waals surface area contributed by atoms with Gasteiger partial charge in [-0.3, -0.25) is 4.79 Å². The zero-order valence-electron chi connectivity index (χ0n) is 9.54. The van der Waals surface area contributed by atoms with E-state index in [0.29, 0.717) is 5.92 Å². The van der Waals surface area contributed by atoms with Crippen molar-refractivity contribution in [2.45, 2.75) is 32.2 Å². The maximum absolute atomic E-state index is 13.3. The van der Waals surface area contributed by atoms with Gasteiger partial charge in [0.05, 0.1) is 5.56 Å². The van der Waals surface area contributed by atoms with Gasteiger partial charge in [-0.25, -0.2) is 9.37 Å². The van der Waals surface area contributed by atoms with Crippen LogP contribution in [0.15, 0.2) is 12.3 Å². The molecule has 0 aromatic carbocycles. The van der Waals surface area contributed by atoms with Crippen LogP contribution in [0.5, 0.6) is 0 Å². The third-order valence-corrected chi connectivity index (χ3v) is 2.85. The molecule has 1 fully saturated rings. The molecule has 1 atom stereocenters. The topological polar surface area (TPSA) is 42.0 Å². The minimum atomic E-state index is -1.24. The van der Waals surface area contributed by atoms with E-state index in [-0.39, 0.29) is 11.6 Å². The predicted molar refractivity (Wildman–Crippen MR) is 58.4 cm³/mol. The van der Waals surface area contributed by atoms with E-state index in [1.54, 1.807) is 0 Å². The minimum Gasteiger partial charge on any atom is -0.349 e. The Kier molecular flexibility index (Phi) is 3.36. The van der Waals surface area contributed by atoms with E-state index < -0.39 is 17.7 Å². The average molecular weight is 240 g/mol. The first-order valence-corrected chi connectivity index (χ1v) is 5.68. The molecule has 0 spiro atoms. The van der Waals surface area contributed by atoms with Crippen LogP contribution in [-0.2, 0) is 0 Å². The third kappa shape index (κ3) is 2.99. The number of aromatic nitrogens is 1. The molecule has 1 heterocycles. The van der Waals surface area contributed by atoms with Crippen molar-refractivity contribution in [2.75, 3.05) is 0 Å². The molecule has 17 heavy (non-hydrogen) atoms. The average Bonchev–Trinajstić information content (AvgIpc) is 3.05. The lowest BCUT2D eigenvalue weighted by Gasteiger charge is -2.13. The molecule has 1 unspecified atom stereocenters. The smallest absolute Gasteiger partial charge is 0.254 e. The summed E-state index contributed by atoms with van der Waals surface area (Å²) in [5.74, 6) is -2.35. The molecule has 1 amide bonds. The Labute approximate surface area is 98.2 Å². The van der Waals surface area contributed by atoms with Crippen LogP contribution in [0.25, 0.3) is 0 Å². The van der Waals surface area contributed by atoms with Gasteiger partial charge in [0.1, 0.15) is 0 Å². The number of carbonyl (C=O) groups is 1. The highest BCUT2D eigenvalue weighted by Gasteiger charge is 2.25. The van der Waals surface area contributed by atoms with E-state index in [2.05, 4.69) is 10.3 Å². The summed E-state index contributed by atoms with van der Waals surface area (Å²) in [6, 6.07) is 1.16.